The summed E-state index contributed by atoms with van der Waals surface area (Å²) in [6.07, 6.45) is 0. The Kier molecular flexibility index (Phi) is 4.33. The molecule has 1 aliphatic carbocycles. The van der Waals surface area contributed by atoms with Crippen molar-refractivity contribution in [1.82, 2.24) is 9.97 Å². The van der Waals surface area contributed by atoms with Gasteiger partial charge in [0.05, 0.1) is 15.9 Å². The standard InChI is InChI=1S/C38H20N2OS/c1-2-9-21(10-3-1)35-37-36(27-12-5-7-16-31(27)42-37)40-38(39-35)25-17-18-28-32-22(13-8-14-23(25)32)24-19-20-30-34(33(24)28)26-11-4-6-15-29(26)41-30/h1-20H. The van der Waals surface area contributed by atoms with Gasteiger partial charge in [0.2, 0.25) is 0 Å². The first-order valence-corrected chi connectivity index (χ1v) is 14.9. The zero-order valence-electron chi connectivity index (χ0n) is 22.3. The highest BCUT2D eigenvalue weighted by atomic mass is 32.1. The van der Waals surface area contributed by atoms with Crippen molar-refractivity contribution in [3.05, 3.63) is 121 Å². The summed E-state index contributed by atoms with van der Waals surface area (Å²) in [6.45, 7) is 0. The maximum Gasteiger partial charge on any atom is 0.161 e. The number of benzene rings is 6. The molecule has 9 aromatic rings. The summed E-state index contributed by atoms with van der Waals surface area (Å²) in [7, 11) is 0. The molecule has 3 aromatic heterocycles. The first-order valence-electron chi connectivity index (χ1n) is 14.1. The van der Waals surface area contributed by atoms with Gasteiger partial charge in [0.15, 0.2) is 5.82 Å². The lowest BCUT2D eigenvalue weighted by Crippen LogP contribution is -1.94. The van der Waals surface area contributed by atoms with Gasteiger partial charge in [-0.2, -0.15) is 0 Å². The Morgan fingerprint density at radius 2 is 1.26 bits per heavy atom. The highest BCUT2D eigenvalue weighted by Gasteiger charge is 2.27. The summed E-state index contributed by atoms with van der Waals surface area (Å²) in [6, 6.07) is 42.8. The molecule has 1 aliphatic rings. The van der Waals surface area contributed by atoms with E-state index < -0.39 is 0 Å². The highest BCUT2D eigenvalue weighted by molar-refractivity contribution is 7.26. The van der Waals surface area contributed by atoms with E-state index in [1.165, 1.54) is 48.5 Å². The quantitative estimate of drug-likeness (QED) is 0.214. The topological polar surface area (TPSA) is 38.9 Å². The molecule has 0 fully saturated rings. The van der Waals surface area contributed by atoms with Crippen molar-refractivity contribution >= 4 is 64.4 Å². The Hall–Kier alpha value is -5.32. The number of furan rings is 1. The van der Waals surface area contributed by atoms with Crippen LogP contribution in [0.25, 0.3) is 97.9 Å². The monoisotopic (exact) mass is 552 g/mol. The van der Waals surface area contributed by atoms with E-state index in [9.17, 15) is 0 Å². The van der Waals surface area contributed by atoms with E-state index in [2.05, 4.69) is 115 Å². The third-order valence-corrected chi connectivity index (χ3v) is 9.82. The van der Waals surface area contributed by atoms with Gasteiger partial charge in [0.25, 0.3) is 0 Å². The molecule has 42 heavy (non-hydrogen) atoms. The van der Waals surface area contributed by atoms with Gasteiger partial charge in [-0.3, -0.25) is 0 Å². The van der Waals surface area contributed by atoms with E-state index in [0.717, 1.165) is 49.4 Å². The van der Waals surface area contributed by atoms with E-state index in [4.69, 9.17) is 14.4 Å². The number of thiophene rings is 1. The molecule has 6 aromatic carbocycles. The molecule has 194 valence electrons. The number of nitrogens with zero attached hydrogens (tertiary/aromatic N) is 2. The number of hydrogen-bond donors (Lipinski definition) is 0. The zero-order valence-corrected chi connectivity index (χ0v) is 23.1. The number of rotatable bonds is 2. The summed E-state index contributed by atoms with van der Waals surface area (Å²) in [5, 5.41) is 5.93. The van der Waals surface area contributed by atoms with Crippen LogP contribution in [0, 0.1) is 0 Å². The summed E-state index contributed by atoms with van der Waals surface area (Å²) in [4.78, 5) is 10.5. The minimum atomic E-state index is 0.753. The maximum absolute atomic E-state index is 6.27. The Bertz CT molecular complexity index is 2580. The predicted octanol–water partition coefficient (Wildman–Crippen LogP) is 10.9. The van der Waals surface area contributed by atoms with Gasteiger partial charge in [0.1, 0.15) is 11.2 Å². The molecule has 0 bridgehead atoms. The molecule has 4 heteroatoms. The van der Waals surface area contributed by atoms with Crippen LogP contribution < -0.4 is 0 Å². The summed E-state index contributed by atoms with van der Waals surface area (Å²) >= 11 is 1.77. The van der Waals surface area contributed by atoms with Gasteiger partial charge in [-0.15, -0.1) is 11.3 Å². The molecule has 10 rings (SSSR count). The van der Waals surface area contributed by atoms with Crippen molar-refractivity contribution < 1.29 is 4.42 Å². The summed E-state index contributed by atoms with van der Waals surface area (Å²) < 4.78 is 8.62. The van der Waals surface area contributed by atoms with E-state index in [1.54, 1.807) is 11.3 Å². The van der Waals surface area contributed by atoms with Crippen molar-refractivity contribution in [3.63, 3.8) is 0 Å². The molecular formula is C38H20N2OS. The lowest BCUT2D eigenvalue weighted by Gasteiger charge is -2.11. The molecule has 0 unspecified atom stereocenters. The lowest BCUT2D eigenvalue weighted by molar-refractivity contribution is 0.669. The predicted molar refractivity (Wildman–Crippen MR) is 175 cm³/mol. The SMILES string of the molecule is c1ccc(-c2nc(-c3ccc4c5c(cccc35)-c3ccc5oc6ccccc6c5c3-4)nc3c2sc2ccccc23)cc1. The molecule has 3 nitrogen and oxygen atoms in total. The number of fused-ring (bicyclic) bond motifs is 10. The van der Waals surface area contributed by atoms with Crippen LogP contribution in [0.5, 0.6) is 0 Å². The van der Waals surface area contributed by atoms with Gasteiger partial charge >= 0.3 is 0 Å². The van der Waals surface area contributed by atoms with Crippen LogP contribution in [-0.4, -0.2) is 9.97 Å². The average Bonchev–Trinajstić information content (AvgIpc) is 3.72. The van der Waals surface area contributed by atoms with Crippen LogP contribution in [0.1, 0.15) is 0 Å². The molecule has 0 amide bonds. The average molecular weight is 553 g/mol. The Labute approximate surface area is 244 Å². The van der Waals surface area contributed by atoms with E-state index in [-0.39, 0.29) is 0 Å². The first-order chi connectivity index (χ1) is 20.8. The van der Waals surface area contributed by atoms with Crippen LogP contribution >= 0.6 is 11.3 Å². The fourth-order valence-electron chi connectivity index (χ4n) is 6.86. The van der Waals surface area contributed by atoms with Crippen molar-refractivity contribution in [1.29, 1.82) is 0 Å². The Morgan fingerprint density at radius 3 is 2.19 bits per heavy atom. The lowest BCUT2D eigenvalue weighted by atomic mass is 9.96. The fourth-order valence-corrected chi connectivity index (χ4v) is 8.01. The highest BCUT2D eigenvalue weighted by Crippen LogP contribution is 2.53. The molecular weight excluding hydrogens is 532 g/mol. The third-order valence-electron chi connectivity index (χ3n) is 8.65. The summed E-state index contributed by atoms with van der Waals surface area (Å²) in [5.74, 6) is 0.753. The zero-order chi connectivity index (χ0) is 27.4. The first kappa shape index (κ1) is 22.4. The molecule has 0 N–H and O–H groups in total. The Balaban J connectivity index is 1.29. The van der Waals surface area contributed by atoms with E-state index >= 15 is 0 Å². The molecule has 0 radical (unpaired) electrons. The van der Waals surface area contributed by atoms with Gasteiger partial charge in [0, 0.05) is 37.5 Å². The van der Waals surface area contributed by atoms with Crippen LogP contribution in [0.3, 0.4) is 0 Å². The molecule has 3 heterocycles. The van der Waals surface area contributed by atoms with Crippen LogP contribution in [0.4, 0.5) is 0 Å². The second-order valence-electron chi connectivity index (χ2n) is 10.9. The van der Waals surface area contributed by atoms with Crippen molar-refractivity contribution in [3.8, 4) is 44.9 Å². The molecule has 0 spiro atoms. The minimum absolute atomic E-state index is 0.753. The fraction of sp³-hybridized carbons (Fsp3) is 0. The van der Waals surface area contributed by atoms with Gasteiger partial charge < -0.3 is 4.42 Å². The van der Waals surface area contributed by atoms with Crippen molar-refractivity contribution in [2.75, 3.05) is 0 Å². The van der Waals surface area contributed by atoms with Gasteiger partial charge in [-0.05, 0) is 57.8 Å². The van der Waals surface area contributed by atoms with Gasteiger partial charge in [-0.1, -0.05) is 91.0 Å². The smallest absolute Gasteiger partial charge is 0.161 e. The Morgan fingerprint density at radius 1 is 0.500 bits per heavy atom. The normalized spacial score (nSPS) is 12.3. The maximum atomic E-state index is 6.27. The summed E-state index contributed by atoms with van der Waals surface area (Å²) in [5.41, 5.74) is 11.0. The largest absolute Gasteiger partial charge is 0.456 e. The molecule has 0 atom stereocenters. The number of aromatic nitrogens is 2. The number of hydrogen-bond acceptors (Lipinski definition) is 4. The van der Waals surface area contributed by atoms with Gasteiger partial charge in [-0.25, -0.2) is 9.97 Å². The van der Waals surface area contributed by atoms with Crippen molar-refractivity contribution in [2.45, 2.75) is 0 Å². The van der Waals surface area contributed by atoms with E-state index in [0.29, 0.717) is 0 Å². The second-order valence-corrected chi connectivity index (χ2v) is 11.9. The second kappa shape index (κ2) is 8.12. The van der Waals surface area contributed by atoms with Crippen molar-refractivity contribution in [2.24, 2.45) is 0 Å². The van der Waals surface area contributed by atoms with Crippen LogP contribution in [0.15, 0.2) is 126 Å². The minimum Gasteiger partial charge on any atom is -0.456 e. The molecule has 0 saturated heterocycles. The molecule has 0 saturated carbocycles. The van der Waals surface area contributed by atoms with Crippen LogP contribution in [-0.2, 0) is 0 Å². The molecule has 0 aliphatic heterocycles. The third kappa shape index (κ3) is 2.89. The number of para-hydroxylation sites is 1. The van der Waals surface area contributed by atoms with Crippen LogP contribution in [0.2, 0.25) is 0 Å². The van der Waals surface area contributed by atoms with E-state index in [1.807, 2.05) is 6.07 Å².